The van der Waals surface area contributed by atoms with Gasteiger partial charge in [-0.3, -0.25) is 0 Å². The zero-order valence-electron chi connectivity index (χ0n) is 9.74. The molecule has 2 aromatic rings. The summed E-state index contributed by atoms with van der Waals surface area (Å²) in [5.41, 5.74) is 4.19. The number of nitrogens with zero attached hydrogens (tertiary/aromatic N) is 2. The lowest BCUT2D eigenvalue weighted by atomic mass is 9.92. The van der Waals surface area contributed by atoms with Crippen molar-refractivity contribution in [2.24, 2.45) is 0 Å². The van der Waals surface area contributed by atoms with Gasteiger partial charge in [0.15, 0.2) is 0 Å². The van der Waals surface area contributed by atoms with Crippen molar-refractivity contribution in [1.29, 1.82) is 0 Å². The molecule has 3 heteroatoms. The first-order chi connectivity index (χ1) is 7.61. The van der Waals surface area contributed by atoms with Crippen LogP contribution in [0.4, 0.5) is 4.48 Å². The molecule has 16 heavy (non-hydrogen) atoms. The Balaban J connectivity index is 2.46. The molecular formula is C13H15FN2. The van der Waals surface area contributed by atoms with Crippen LogP contribution < -0.4 is 0 Å². The number of aryl methyl sites for hydroxylation is 1. The molecule has 0 N–H and O–H groups in total. The molecule has 1 atom stereocenters. The first-order valence-electron chi connectivity index (χ1n) is 5.35. The molecule has 0 saturated carbocycles. The fraction of sp³-hybridized carbons (Fsp3) is 0.308. The summed E-state index contributed by atoms with van der Waals surface area (Å²) in [4.78, 5) is 4.40. The summed E-state index contributed by atoms with van der Waals surface area (Å²) in [6.45, 7) is 6.13. The van der Waals surface area contributed by atoms with E-state index in [0.717, 1.165) is 5.56 Å². The molecule has 0 radical (unpaired) electrons. The van der Waals surface area contributed by atoms with Crippen LogP contribution in [0.15, 0.2) is 30.7 Å². The normalized spacial score (nSPS) is 12.8. The molecular weight excluding hydrogens is 203 g/mol. The van der Waals surface area contributed by atoms with Gasteiger partial charge in [0.2, 0.25) is 0 Å². The van der Waals surface area contributed by atoms with Crippen molar-refractivity contribution in [2.75, 3.05) is 0 Å². The van der Waals surface area contributed by atoms with Crippen molar-refractivity contribution in [1.82, 2.24) is 9.77 Å². The maximum Gasteiger partial charge on any atom is 0.126 e. The molecule has 0 spiro atoms. The third-order valence-electron chi connectivity index (χ3n) is 3.18. The smallest absolute Gasteiger partial charge is 0.126 e. The van der Waals surface area contributed by atoms with E-state index in [1.54, 1.807) is 6.20 Å². The molecule has 1 heterocycles. The van der Waals surface area contributed by atoms with Crippen molar-refractivity contribution in [3.63, 3.8) is 0 Å². The van der Waals surface area contributed by atoms with E-state index < -0.39 is 0 Å². The van der Waals surface area contributed by atoms with Crippen LogP contribution in [0.5, 0.6) is 0 Å². The summed E-state index contributed by atoms with van der Waals surface area (Å²) >= 11 is 0. The maximum atomic E-state index is 13.4. The summed E-state index contributed by atoms with van der Waals surface area (Å²) < 4.78 is 13.4. The minimum atomic E-state index is 0.0207. The van der Waals surface area contributed by atoms with E-state index in [9.17, 15) is 4.48 Å². The molecule has 0 amide bonds. The first kappa shape index (κ1) is 10.9. The van der Waals surface area contributed by atoms with Crippen molar-refractivity contribution in [3.05, 3.63) is 53.1 Å². The number of benzene rings is 1. The van der Waals surface area contributed by atoms with E-state index in [0.29, 0.717) is 10.5 Å². The van der Waals surface area contributed by atoms with Crippen LogP contribution in [0.2, 0.25) is 0 Å². The standard InChI is InChI=1S/C13H15FN2/c1-9-5-4-6-12(10(9)2)11(3)13-7-15-8-16(13)14/h4-8,11H,1-3H3. The number of halogens is 1. The highest BCUT2D eigenvalue weighted by molar-refractivity contribution is 5.38. The Hall–Kier alpha value is -1.64. The highest BCUT2D eigenvalue weighted by Gasteiger charge is 2.15. The van der Waals surface area contributed by atoms with Crippen LogP contribution in [0.25, 0.3) is 0 Å². The second kappa shape index (κ2) is 4.08. The lowest BCUT2D eigenvalue weighted by Crippen LogP contribution is -2.03. The molecule has 0 aliphatic carbocycles. The summed E-state index contributed by atoms with van der Waals surface area (Å²) in [7, 11) is 0. The van der Waals surface area contributed by atoms with Gasteiger partial charge >= 0.3 is 0 Å². The van der Waals surface area contributed by atoms with Gasteiger partial charge in [-0.25, -0.2) is 4.98 Å². The lowest BCUT2D eigenvalue weighted by molar-refractivity contribution is 0.349. The van der Waals surface area contributed by atoms with Crippen LogP contribution in [-0.2, 0) is 0 Å². The minimum absolute atomic E-state index is 0.0207. The number of rotatable bonds is 2. The van der Waals surface area contributed by atoms with Gasteiger partial charge in [0.25, 0.3) is 0 Å². The van der Waals surface area contributed by atoms with Crippen LogP contribution in [0, 0.1) is 13.8 Å². The van der Waals surface area contributed by atoms with E-state index in [1.165, 1.54) is 17.5 Å². The Bertz CT molecular complexity index is 502. The summed E-state index contributed by atoms with van der Waals surface area (Å²) in [5, 5.41) is 0. The van der Waals surface area contributed by atoms with E-state index in [1.807, 2.05) is 19.1 Å². The number of hydrogen-bond acceptors (Lipinski definition) is 1. The van der Waals surface area contributed by atoms with Crippen molar-refractivity contribution >= 4 is 0 Å². The number of hydrogen-bond donors (Lipinski definition) is 0. The zero-order valence-corrected chi connectivity index (χ0v) is 9.74. The predicted molar refractivity (Wildman–Crippen MR) is 62.2 cm³/mol. The maximum absolute atomic E-state index is 13.4. The molecule has 1 aromatic carbocycles. The highest BCUT2D eigenvalue weighted by atomic mass is 19.2. The van der Waals surface area contributed by atoms with Crippen LogP contribution in [0.3, 0.4) is 0 Å². The molecule has 2 nitrogen and oxygen atoms in total. The van der Waals surface area contributed by atoms with Crippen LogP contribution in [0.1, 0.15) is 35.2 Å². The summed E-state index contributed by atoms with van der Waals surface area (Å²) in [6.07, 6.45) is 2.77. The van der Waals surface area contributed by atoms with Gasteiger partial charge in [-0.2, -0.15) is 4.79 Å². The quantitative estimate of drug-likeness (QED) is 0.755. The Morgan fingerprint density at radius 1 is 1.31 bits per heavy atom. The van der Waals surface area contributed by atoms with Crippen molar-refractivity contribution in [2.45, 2.75) is 26.7 Å². The molecule has 0 aliphatic heterocycles. The molecule has 2 rings (SSSR count). The molecule has 0 fully saturated rings. The van der Waals surface area contributed by atoms with E-state index >= 15 is 0 Å². The van der Waals surface area contributed by atoms with Gasteiger partial charge in [0.05, 0.1) is 11.9 Å². The molecule has 1 unspecified atom stereocenters. The fourth-order valence-electron chi connectivity index (χ4n) is 1.99. The second-order valence-electron chi connectivity index (χ2n) is 4.14. The van der Waals surface area contributed by atoms with E-state index in [2.05, 4.69) is 24.9 Å². The largest absolute Gasteiger partial charge is 0.242 e. The highest BCUT2D eigenvalue weighted by Crippen LogP contribution is 2.27. The van der Waals surface area contributed by atoms with E-state index in [4.69, 9.17) is 0 Å². The Kier molecular flexibility index (Phi) is 2.77. The molecule has 0 bridgehead atoms. The van der Waals surface area contributed by atoms with Gasteiger partial charge in [-0.05, 0) is 30.5 Å². The Morgan fingerprint density at radius 3 is 2.69 bits per heavy atom. The topological polar surface area (TPSA) is 17.8 Å². The SMILES string of the molecule is Cc1cccc(C(C)c2cncn2F)c1C. The monoisotopic (exact) mass is 218 g/mol. The molecule has 84 valence electrons. The van der Waals surface area contributed by atoms with Gasteiger partial charge in [-0.1, -0.05) is 29.6 Å². The summed E-state index contributed by atoms with van der Waals surface area (Å²) in [6, 6.07) is 6.12. The van der Waals surface area contributed by atoms with Gasteiger partial charge in [-0.15, -0.1) is 0 Å². The van der Waals surface area contributed by atoms with Gasteiger partial charge in [0.1, 0.15) is 6.33 Å². The first-order valence-corrected chi connectivity index (χ1v) is 5.35. The number of aromatic nitrogens is 2. The average Bonchev–Trinajstić information content (AvgIpc) is 2.68. The predicted octanol–water partition coefficient (Wildman–Crippen LogP) is 3.38. The average molecular weight is 218 g/mol. The third-order valence-corrected chi connectivity index (χ3v) is 3.18. The van der Waals surface area contributed by atoms with Gasteiger partial charge < -0.3 is 0 Å². The fourth-order valence-corrected chi connectivity index (χ4v) is 1.99. The molecule has 0 saturated heterocycles. The van der Waals surface area contributed by atoms with Crippen molar-refractivity contribution < 1.29 is 4.48 Å². The van der Waals surface area contributed by atoms with E-state index in [-0.39, 0.29) is 5.92 Å². The zero-order chi connectivity index (χ0) is 11.7. The van der Waals surface area contributed by atoms with Crippen molar-refractivity contribution in [3.8, 4) is 0 Å². The molecule has 1 aromatic heterocycles. The minimum Gasteiger partial charge on any atom is -0.242 e. The number of imidazole rings is 1. The second-order valence-corrected chi connectivity index (χ2v) is 4.14. The Morgan fingerprint density at radius 2 is 2.06 bits per heavy atom. The van der Waals surface area contributed by atoms with Crippen LogP contribution >= 0.6 is 0 Å². The van der Waals surface area contributed by atoms with Gasteiger partial charge in [0, 0.05) is 5.92 Å². The van der Waals surface area contributed by atoms with Crippen LogP contribution in [-0.4, -0.2) is 9.77 Å². The Labute approximate surface area is 94.7 Å². The third kappa shape index (κ3) is 1.73. The lowest BCUT2D eigenvalue weighted by Gasteiger charge is -2.15. The molecule has 0 aliphatic rings. The summed E-state index contributed by atoms with van der Waals surface area (Å²) in [5.74, 6) is 0.0207.